The molecule has 8 heteroatoms. The molecule has 1 amide bonds. The topological polar surface area (TPSA) is 65.8 Å². The maximum atomic E-state index is 11.8. The van der Waals surface area contributed by atoms with E-state index in [-0.39, 0.29) is 6.09 Å². The van der Waals surface area contributed by atoms with E-state index in [2.05, 4.69) is 5.10 Å². The number of aryl methyl sites for hydroxylation is 1. The minimum Gasteiger partial charge on any atom is -0.399 e. The minimum absolute atomic E-state index is 0.380. The molecule has 1 aromatic rings. The highest BCUT2D eigenvalue weighted by Gasteiger charge is 2.52. The monoisotopic (exact) mass is 307 g/mol. The summed E-state index contributed by atoms with van der Waals surface area (Å²) in [7, 11) is -0.513. The Kier molecular flexibility index (Phi) is 3.49. The molecule has 0 aliphatic carbocycles. The van der Waals surface area contributed by atoms with Gasteiger partial charge in [0.2, 0.25) is 0 Å². The van der Waals surface area contributed by atoms with E-state index in [4.69, 9.17) is 14.1 Å². The SMILES string of the molecule is Cc1nn(OC(=O)N2CCC2)cc1B1OC(C)(C)C(C)(C)O1. The molecular formula is C14H22BN3O4. The Morgan fingerprint density at radius 1 is 1.27 bits per heavy atom. The summed E-state index contributed by atoms with van der Waals surface area (Å²) in [6.07, 6.45) is 2.29. The van der Waals surface area contributed by atoms with E-state index >= 15 is 0 Å². The molecule has 0 unspecified atom stereocenters. The third-order valence-electron chi connectivity index (χ3n) is 4.71. The van der Waals surface area contributed by atoms with Gasteiger partial charge in [0.1, 0.15) is 0 Å². The van der Waals surface area contributed by atoms with Crippen molar-refractivity contribution in [2.45, 2.75) is 52.2 Å². The number of nitrogens with zero attached hydrogens (tertiary/aromatic N) is 3. The summed E-state index contributed by atoms with van der Waals surface area (Å²) in [4.78, 5) is 19.9. The van der Waals surface area contributed by atoms with Crippen LogP contribution in [0.1, 0.15) is 39.8 Å². The first-order valence-corrected chi connectivity index (χ1v) is 7.59. The number of aromatic nitrogens is 2. The minimum atomic E-state index is -0.513. The third-order valence-corrected chi connectivity index (χ3v) is 4.71. The predicted molar refractivity (Wildman–Crippen MR) is 80.8 cm³/mol. The highest BCUT2D eigenvalue weighted by molar-refractivity contribution is 6.62. The van der Waals surface area contributed by atoms with Gasteiger partial charge >= 0.3 is 13.2 Å². The molecule has 2 fully saturated rings. The second-order valence-corrected chi connectivity index (χ2v) is 6.86. The lowest BCUT2D eigenvalue weighted by molar-refractivity contribution is 0.00578. The van der Waals surface area contributed by atoms with Gasteiger partial charge in [0.25, 0.3) is 0 Å². The first kappa shape index (κ1) is 15.4. The van der Waals surface area contributed by atoms with Crippen LogP contribution in [-0.4, -0.2) is 52.3 Å². The average Bonchev–Trinajstić information content (AvgIpc) is 2.74. The van der Waals surface area contributed by atoms with Crippen LogP contribution in [0.15, 0.2) is 6.20 Å². The van der Waals surface area contributed by atoms with E-state index in [1.165, 1.54) is 4.85 Å². The molecule has 3 rings (SSSR count). The van der Waals surface area contributed by atoms with Crippen molar-refractivity contribution >= 4 is 18.7 Å². The average molecular weight is 307 g/mol. The first-order valence-electron chi connectivity index (χ1n) is 7.59. The molecule has 0 atom stereocenters. The molecule has 3 heterocycles. The maximum Gasteiger partial charge on any atom is 0.498 e. The van der Waals surface area contributed by atoms with Gasteiger partial charge in [0.05, 0.1) is 23.1 Å². The van der Waals surface area contributed by atoms with Crippen molar-refractivity contribution in [3.05, 3.63) is 11.9 Å². The van der Waals surface area contributed by atoms with Gasteiger partial charge < -0.3 is 14.2 Å². The van der Waals surface area contributed by atoms with E-state index in [1.807, 2.05) is 34.6 Å². The van der Waals surface area contributed by atoms with E-state index in [9.17, 15) is 4.79 Å². The van der Waals surface area contributed by atoms with Crippen molar-refractivity contribution in [3.63, 3.8) is 0 Å². The molecular weight excluding hydrogens is 285 g/mol. The van der Waals surface area contributed by atoms with Gasteiger partial charge in [-0.25, -0.2) is 4.79 Å². The second kappa shape index (κ2) is 4.99. The highest BCUT2D eigenvalue weighted by atomic mass is 16.7. The van der Waals surface area contributed by atoms with Crippen LogP contribution in [-0.2, 0) is 9.31 Å². The van der Waals surface area contributed by atoms with Crippen molar-refractivity contribution in [2.24, 2.45) is 0 Å². The first-order chi connectivity index (χ1) is 10.2. The van der Waals surface area contributed by atoms with E-state index in [0.29, 0.717) is 0 Å². The zero-order valence-corrected chi connectivity index (χ0v) is 13.8. The van der Waals surface area contributed by atoms with Gasteiger partial charge in [-0.3, -0.25) is 4.84 Å². The van der Waals surface area contributed by atoms with Crippen molar-refractivity contribution < 1.29 is 18.9 Å². The Hall–Kier alpha value is -1.54. The fraction of sp³-hybridized carbons (Fsp3) is 0.714. The van der Waals surface area contributed by atoms with Crippen molar-refractivity contribution in [1.29, 1.82) is 0 Å². The van der Waals surface area contributed by atoms with Crippen LogP contribution in [0.25, 0.3) is 0 Å². The number of carbonyl (C=O) groups excluding carboxylic acids is 1. The molecule has 0 bridgehead atoms. The predicted octanol–water partition coefficient (Wildman–Crippen LogP) is 0.745. The fourth-order valence-corrected chi connectivity index (χ4v) is 2.33. The number of carbonyl (C=O) groups is 1. The summed E-state index contributed by atoms with van der Waals surface area (Å²) in [5.41, 5.74) is 0.658. The van der Waals surface area contributed by atoms with Crippen molar-refractivity contribution in [3.8, 4) is 0 Å². The zero-order chi connectivity index (χ0) is 16.1. The molecule has 120 valence electrons. The molecule has 2 aliphatic rings. The van der Waals surface area contributed by atoms with E-state index in [1.54, 1.807) is 11.1 Å². The summed E-state index contributed by atoms with van der Waals surface area (Å²) in [6.45, 7) is 11.3. The van der Waals surface area contributed by atoms with Crippen LogP contribution in [0.3, 0.4) is 0 Å². The van der Waals surface area contributed by atoms with Crippen LogP contribution < -0.4 is 10.3 Å². The molecule has 0 N–H and O–H groups in total. The molecule has 22 heavy (non-hydrogen) atoms. The smallest absolute Gasteiger partial charge is 0.399 e. The molecule has 0 radical (unpaired) electrons. The lowest BCUT2D eigenvalue weighted by Crippen LogP contribution is -2.45. The fourth-order valence-electron chi connectivity index (χ4n) is 2.33. The Morgan fingerprint density at radius 2 is 1.86 bits per heavy atom. The number of amides is 1. The molecule has 2 aliphatic heterocycles. The second-order valence-electron chi connectivity index (χ2n) is 6.86. The molecule has 0 saturated carbocycles. The van der Waals surface area contributed by atoms with Gasteiger partial charge in [0.15, 0.2) is 0 Å². The Balaban J connectivity index is 1.74. The number of hydrogen-bond donors (Lipinski definition) is 0. The van der Waals surface area contributed by atoms with Gasteiger partial charge in [-0.15, -0.1) is 5.10 Å². The number of hydrogen-bond acceptors (Lipinski definition) is 5. The van der Waals surface area contributed by atoms with Crippen LogP contribution in [0, 0.1) is 6.92 Å². The van der Waals surface area contributed by atoms with Crippen molar-refractivity contribution in [2.75, 3.05) is 13.1 Å². The summed E-state index contributed by atoms with van der Waals surface area (Å²) in [5.74, 6) is 0. The van der Waals surface area contributed by atoms with Gasteiger partial charge in [-0.05, 0) is 41.0 Å². The number of rotatable bonds is 2. The number of likely N-dealkylation sites (tertiary alicyclic amines) is 1. The van der Waals surface area contributed by atoms with Gasteiger partial charge in [-0.2, -0.15) is 0 Å². The Morgan fingerprint density at radius 3 is 2.36 bits per heavy atom. The van der Waals surface area contributed by atoms with Crippen LogP contribution in [0.4, 0.5) is 4.79 Å². The molecule has 0 spiro atoms. The highest BCUT2D eigenvalue weighted by Crippen LogP contribution is 2.36. The normalized spacial score (nSPS) is 22.6. The maximum absolute atomic E-state index is 11.8. The molecule has 0 aromatic carbocycles. The molecule has 1 aromatic heterocycles. The molecule has 2 saturated heterocycles. The Bertz CT molecular complexity index is 579. The van der Waals surface area contributed by atoms with E-state index in [0.717, 1.165) is 30.7 Å². The quantitative estimate of drug-likeness (QED) is 0.754. The summed E-state index contributed by atoms with van der Waals surface area (Å²) >= 11 is 0. The van der Waals surface area contributed by atoms with E-state index < -0.39 is 18.3 Å². The van der Waals surface area contributed by atoms with Crippen LogP contribution in [0.5, 0.6) is 0 Å². The molecule has 7 nitrogen and oxygen atoms in total. The standard InChI is InChI=1S/C14H22BN3O4/c1-10-11(15-21-13(2,3)14(4,5)22-15)9-18(16-10)20-12(19)17-7-6-8-17/h9H,6-8H2,1-5H3. The van der Waals surface area contributed by atoms with Crippen LogP contribution in [0.2, 0.25) is 0 Å². The Labute approximate surface area is 130 Å². The summed E-state index contributed by atoms with van der Waals surface area (Å²) in [6, 6.07) is 0. The lowest BCUT2D eigenvalue weighted by Gasteiger charge is -2.32. The van der Waals surface area contributed by atoms with Gasteiger partial charge in [0, 0.05) is 18.6 Å². The summed E-state index contributed by atoms with van der Waals surface area (Å²) in [5, 5.41) is 4.22. The van der Waals surface area contributed by atoms with Crippen molar-refractivity contribution in [1.82, 2.24) is 14.8 Å². The lowest BCUT2D eigenvalue weighted by atomic mass is 9.79. The zero-order valence-electron chi connectivity index (χ0n) is 13.8. The third kappa shape index (κ3) is 2.50. The van der Waals surface area contributed by atoms with Crippen LogP contribution >= 0.6 is 0 Å². The van der Waals surface area contributed by atoms with Gasteiger partial charge in [-0.1, -0.05) is 4.85 Å². The summed E-state index contributed by atoms with van der Waals surface area (Å²) < 4.78 is 12.0. The largest absolute Gasteiger partial charge is 0.498 e.